The minimum atomic E-state index is -0.409. The van der Waals surface area contributed by atoms with Crippen molar-refractivity contribution in [2.75, 3.05) is 40.0 Å². The first-order valence-electron chi connectivity index (χ1n) is 12.0. The van der Waals surface area contributed by atoms with Crippen molar-refractivity contribution in [3.8, 4) is 16.9 Å². The zero-order valence-corrected chi connectivity index (χ0v) is 19.4. The summed E-state index contributed by atoms with van der Waals surface area (Å²) in [7, 11) is 1.70. The van der Waals surface area contributed by atoms with Gasteiger partial charge in [0.1, 0.15) is 5.75 Å². The highest BCUT2D eigenvalue weighted by Crippen LogP contribution is 2.37. The molecule has 0 aromatic heterocycles. The summed E-state index contributed by atoms with van der Waals surface area (Å²) in [5.74, 6) is 1.05. The average molecular weight is 437 g/mol. The summed E-state index contributed by atoms with van der Waals surface area (Å²) >= 11 is 0. The van der Waals surface area contributed by atoms with Crippen molar-refractivity contribution in [3.05, 3.63) is 54.1 Å². The number of hydrogen-bond donors (Lipinski definition) is 1. The third-order valence-electron chi connectivity index (χ3n) is 7.22. The number of ether oxygens (including phenoxy) is 2. The van der Waals surface area contributed by atoms with Gasteiger partial charge in [-0.1, -0.05) is 49.4 Å². The van der Waals surface area contributed by atoms with Gasteiger partial charge in [0.25, 0.3) is 0 Å². The van der Waals surface area contributed by atoms with Gasteiger partial charge in [-0.15, -0.1) is 0 Å². The van der Waals surface area contributed by atoms with E-state index in [4.69, 9.17) is 9.47 Å². The van der Waals surface area contributed by atoms with Crippen LogP contribution in [0.25, 0.3) is 11.1 Å². The Labute approximate surface area is 192 Å². The fourth-order valence-electron chi connectivity index (χ4n) is 5.31. The Morgan fingerprint density at radius 2 is 2.00 bits per heavy atom. The molecule has 2 aliphatic rings. The van der Waals surface area contributed by atoms with Crippen molar-refractivity contribution >= 4 is 5.91 Å². The van der Waals surface area contributed by atoms with E-state index in [-0.39, 0.29) is 5.91 Å². The molecule has 32 heavy (non-hydrogen) atoms. The Morgan fingerprint density at radius 1 is 1.19 bits per heavy atom. The SMILES string of the molecule is CCN1CCC[C@H]1CNC(=O)C1(Cc2cccc(-c3ccccc3OC)c2)CCOCC1. The maximum Gasteiger partial charge on any atom is 0.226 e. The molecule has 2 heterocycles. The molecule has 0 unspecified atom stereocenters. The van der Waals surface area contributed by atoms with Crippen LogP contribution in [0.4, 0.5) is 0 Å². The highest BCUT2D eigenvalue weighted by molar-refractivity contribution is 5.83. The summed E-state index contributed by atoms with van der Waals surface area (Å²) in [5, 5.41) is 3.33. The number of carbonyl (C=O) groups is 1. The molecule has 0 bridgehead atoms. The lowest BCUT2D eigenvalue weighted by Crippen LogP contribution is -2.49. The van der Waals surface area contributed by atoms with Gasteiger partial charge < -0.3 is 14.8 Å². The van der Waals surface area contributed by atoms with Crippen LogP contribution in [0.5, 0.6) is 5.75 Å². The van der Waals surface area contributed by atoms with Crippen LogP contribution in [0.15, 0.2) is 48.5 Å². The van der Waals surface area contributed by atoms with Gasteiger partial charge in [-0.3, -0.25) is 9.69 Å². The van der Waals surface area contributed by atoms with Crippen LogP contribution < -0.4 is 10.1 Å². The van der Waals surface area contributed by atoms with Gasteiger partial charge >= 0.3 is 0 Å². The van der Waals surface area contributed by atoms with E-state index < -0.39 is 5.41 Å². The Bertz CT molecular complexity index is 907. The number of methoxy groups -OCH3 is 1. The molecule has 5 nitrogen and oxygen atoms in total. The second-order valence-corrected chi connectivity index (χ2v) is 9.10. The Kier molecular flexibility index (Phi) is 7.48. The number of likely N-dealkylation sites (N-methyl/N-ethyl adjacent to an activating group) is 1. The van der Waals surface area contributed by atoms with Gasteiger partial charge in [-0.2, -0.15) is 0 Å². The van der Waals surface area contributed by atoms with Crippen LogP contribution in [0.2, 0.25) is 0 Å². The lowest BCUT2D eigenvalue weighted by Gasteiger charge is -2.36. The highest BCUT2D eigenvalue weighted by atomic mass is 16.5. The molecular weight excluding hydrogens is 400 g/mol. The molecule has 5 heteroatoms. The van der Waals surface area contributed by atoms with Gasteiger partial charge in [0.15, 0.2) is 0 Å². The van der Waals surface area contributed by atoms with Crippen LogP contribution in [0.3, 0.4) is 0 Å². The van der Waals surface area contributed by atoms with E-state index in [0.29, 0.717) is 19.3 Å². The lowest BCUT2D eigenvalue weighted by molar-refractivity contribution is -0.136. The van der Waals surface area contributed by atoms with E-state index in [9.17, 15) is 4.79 Å². The first-order valence-corrected chi connectivity index (χ1v) is 12.0. The van der Waals surface area contributed by atoms with Crippen LogP contribution in [-0.2, 0) is 16.0 Å². The monoisotopic (exact) mass is 436 g/mol. The molecule has 172 valence electrons. The number of nitrogens with zero attached hydrogens (tertiary/aromatic N) is 1. The predicted octanol–water partition coefficient (Wildman–Crippen LogP) is 4.30. The van der Waals surface area contributed by atoms with Crippen molar-refractivity contribution < 1.29 is 14.3 Å². The van der Waals surface area contributed by atoms with Crippen molar-refractivity contribution in [1.82, 2.24) is 10.2 Å². The fourth-order valence-corrected chi connectivity index (χ4v) is 5.31. The number of amides is 1. The normalized spacial score (nSPS) is 20.8. The largest absolute Gasteiger partial charge is 0.496 e. The number of likely N-dealkylation sites (tertiary alicyclic amines) is 1. The second-order valence-electron chi connectivity index (χ2n) is 9.10. The standard InChI is InChI=1S/C27H36N2O3/c1-3-29-15-7-10-23(29)20-28-26(30)27(13-16-32-17-14-27)19-21-8-6-9-22(18-21)24-11-4-5-12-25(24)31-2/h4-6,8-9,11-12,18,23H,3,7,10,13-17,19-20H2,1-2H3,(H,28,30)/t23-/m0/s1. The van der Waals surface area contributed by atoms with E-state index in [0.717, 1.165) is 55.8 Å². The molecule has 2 fully saturated rings. The van der Waals surface area contributed by atoms with E-state index in [1.54, 1.807) is 7.11 Å². The topological polar surface area (TPSA) is 50.8 Å². The third kappa shape index (κ3) is 5.00. The molecule has 2 saturated heterocycles. The molecule has 1 amide bonds. The van der Waals surface area contributed by atoms with Crippen LogP contribution in [0, 0.1) is 5.41 Å². The van der Waals surface area contributed by atoms with Crippen LogP contribution >= 0.6 is 0 Å². The second kappa shape index (κ2) is 10.5. The molecule has 0 radical (unpaired) electrons. The van der Waals surface area contributed by atoms with Gasteiger partial charge in [0.05, 0.1) is 12.5 Å². The predicted molar refractivity (Wildman–Crippen MR) is 128 cm³/mol. The zero-order chi connectivity index (χ0) is 22.4. The fraction of sp³-hybridized carbons (Fsp3) is 0.519. The molecule has 0 aliphatic carbocycles. The maximum absolute atomic E-state index is 13.5. The molecule has 0 spiro atoms. The minimum Gasteiger partial charge on any atom is -0.496 e. The molecule has 2 aromatic carbocycles. The molecule has 1 N–H and O–H groups in total. The summed E-state index contributed by atoms with van der Waals surface area (Å²) in [6, 6.07) is 17.1. The van der Waals surface area contributed by atoms with E-state index >= 15 is 0 Å². The number of rotatable bonds is 8. The number of hydrogen-bond acceptors (Lipinski definition) is 4. The first kappa shape index (κ1) is 22.8. The lowest BCUT2D eigenvalue weighted by atomic mass is 9.74. The first-order chi connectivity index (χ1) is 15.6. The van der Waals surface area contributed by atoms with Gasteiger partial charge in [-0.25, -0.2) is 0 Å². The molecule has 1 atom stereocenters. The van der Waals surface area contributed by atoms with Crippen molar-refractivity contribution in [2.45, 2.75) is 45.1 Å². The third-order valence-corrected chi connectivity index (χ3v) is 7.22. The minimum absolute atomic E-state index is 0.187. The summed E-state index contributed by atoms with van der Waals surface area (Å²) in [6.45, 7) is 6.43. The number of carbonyl (C=O) groups excluding carboxylic acids is 1. The molecule has 2 aliphatic heterocycles. The highest BCUT2D eigenvalue weighted by Gasteiger charge is 2.40. The Morgan fingerprint density at radius 3 is 2.78 bits per heavy atom. The summed E-state index contributed by atoms with van der Waals surface area (Å²) in [5.41, 5.74) is 2.96. The summed E-state index contributed by atoms with van der Waals surface area (Å²) in [6.07, 6.45) is 4.65. The van der Waals surface area contributed by atoms with Crippen molar-refractivity contribution in [2.24, 2.45) is 5.41 Å². The summed E-state index contributed by atoms with van der Waals surface area (Å²) < 4.78 is 11.2. The molecular formula is C27H36N2O3. The van der Waals surface area contributed by atoms with Gasteiger partial charge in [0, 0.05) is 31.4 Å². The Balaban J connectivity index is 1.52. The average Bonchev–Trinajstić information content (AvgIpc) is 3.31. The summed E-state index contributed by atoms with van der Waals surface area (Å²) in [4.78, 5) is 16.0. The number of para-hydroxylation sites is 1. The number of nitrogens with one attached hydrogen (secondary N) is 1. The molecule has 4 rings (SSSR count). The Hall–Kier alpha value is -2.37. The number of benzene rings is 2. The van der Waals surface area contributed by atoms with Gasteiger partial charge in [0.2, 0.25) is 5.91 Å². The smallest absolute Gasteiger partial charge is 0.226 e. The van der Waals surface area contributed by atoms with E-state index in [2.05, 4.69) is 47.5 Å². The van der Waals surface area contributed by atoms with Crippen LogP contribution in [-0.4, -0.2) is 56.8 Å². The maximum atomic E-state index is 13.5. The van der Waals surface area contributed by atoms with Crippen molar-refractivity contribution in [3.63, 3.8) is 0 Å². The zero-order valence-electron chi connectivity index (χ0n) is 19.4. The van der Waals surface area contributed by atoms with Crippen LogP contribution in [0.1, 0.15) is 38.2 Å². The van der Waals surface area contributed by atoms with Gasteiger partial charge in [-0.05, 0) is 62.4 Å². The molecule has 0 saturated carbocycles. The van der Waals surface area contributed by atoms with E-state index in [1.807, 2.05) is 18.2 Å². The van der Waals surface area contributed by atoms with Crippen molar-refractivity contribution in [1.29, 1.82) is 0 Å². The van der Waals surface area contributed by atoms with E-state index in [1.165, 1.54) is 18.4 Å². The molecule has 2 aromatic rings. The quantitative estimate of drug-likeness (QED) is 0.670.